The Balaban J connectivity index is 1.98. The molecule has 2 atom stereocenters. The number of piperidine rings is 1. The highest BCUT2D eigenvalue weighted by Crippen LogP contribution is 2.31. The first-order chi connectivity index (χ1) is 9.84. The third kappa shape index (κ3) is 4.96. The van der Waals surface area contributed by atoms with Gasteiger partial charge in [-0.2, -0.15) is 0 Å². The minimum atomic E-state index is -0.457. The van der Waals surface area contributed by atoms with Crippen LogP contribution in [-0.4, -0.2) is 59.0 Å². The second kappa shape index (κ2) is 7.00. The molecule has 0 spiro atoms. The zero-order chi connectivity index (χ0) is 15.5. The first kappa shape index (κ1) is 17.3. The highest BCUT2D eigenvalue weighted by Gasteiger charge is 2.41. The first-order valence-electron chi connectivity index (χ1n) is 7.63. The van der Waals surface area contributed by atoms with Gasteiger partial charge >= 0.3 is 6.09 Å². The predicted molar refractivity (Wildman–Crippen MR) is 89.0 cm³/mol. The summed E-state index contributed by atoms with van der Waals surface area (Å²) in [6.45, 7) is 8.49. The van der Waals surface area contributed by atoms with Gasteiger partial charge in [-0.05, 0) is 40.0 Å². The van der Waals surface area contributed by atoms with Gasteiger partial charge in [0.15, 0.2) is 0 Å². The van der Waals surface area contributed by atoms with Crippen molar-refractivity contribution in [3.63, 3.8) is 0 Å². The van der Waals surface area contributed by atoms with E-state index in [1.165, 1.54) is 0 Å². The molecule has 0 aromatic rings. The second-order valence-corrected chi connectivity index (χ2v) is 7.69. The number of ether oxygens (including phenoxy) is 3. The molecule has 2 aliphatic rings. The maximum atomic E-state index is 12.3. The molecule has 5 nitrogen and oxygen atoms in total. The summed E-state index contributed by atoms with van der Waals surface area (Å²) in [6, 6.07) is 0. The van der Waals surface area contributed by atoms with Crippen LogP contribution in [0.5, 0.6) is 0 Å². The normalized spacial score (nSPS) is 30.5. The van der Waals surface area contributed by atoms with E-state index in [9.17, 15) is 4.79 Å². The van der Waals surface area contributed by atoms with Crippen molar-refractivity contribution in [1.82, 2.24) is 4.90 Å². The number of carbonyl (C=O) groups is 1. The lowest BCUT2D eigenvalue weighted by atomic mass is 9.94. The molecular formula is C15H26INO4. The number of alkyl halides is 1. The smallest absolute Gasteiger partial charge is 0.410 e. The Bertz CT molecular complexity index is 365. The Morgan fingerprint density at radius 3 is 2.81 bits per heavy atom. The highest BCUT2D eigenvalue weighted by atomic mass is 127. The van der Waals surface area contributed by atoms with Gasteiger partial charge in [-0.15, -0.1) is 0 Å². The molecule has 1 amide bonds. The lowest BCUT2D eigenvalue weighted by Gasteiger charge is -2.43. The van der Waals surface area contributed by atoms with Crippen molar-refractivity contribution in [2.24, 2.45) is 0 Å². The molecule has 21 heavy (non-hydrogen) atoms. The summed E-state index contributed by atoms with van der Waals surface area (Å²) in [5.74, 6) is 0. The lowest BCUT2D eigenvalue weighted by Crippen LogP contribution is -2.55. The van der Waals surface area contributed by atoms with Crippen LogP contribution in [0.4, 0.5) is 4.79 Å². The number of carbonyl (C=O) groups excluding carboxylic acids is 1. The number of hydrogen-bond acceptors (Lipinski definition) is 4. The Hall–Kier alpha value is -0.0800. The van der Waals surface area contributed by atoms with Gasteiger partial charge in [-0.3, -0.25) is 0 Å². The number of likely N-dealkylation sites (tertiary alicyclic amines) is 1. The number of halogens is 1. The molecule has 2 heterocycles. The molecule has 0 aromatic heterocycles. The topological polar surface area (TPSA) is 48.0 Å². The predicted octanol–water partition coefficient (Wildman–Crippen LogP) is 3.00. The molecule has 0 bridgehead atoms. The zero-order valence-electron chi connectivity index (χ0n) is 13.2. The van der Waals surface area contributed by atoms with Gasteiger partial charge < -0.3 is 19.1 Å². The average molecular weight is 411 g/mol. The van der Waals surface area contributed by atoms with Gasteiger partial charge in [0.25, 0.3) is 0 Å². The Kier molecular flexibility index (Phi) is 5.76. The summed E-state index contributed by atoms with van der Waals surface area (Å²) >= 11 is 2.36. The summed E-state index contributed by atoms with van der Waals surface area (Å²) < 4.78 is 18.1. The zero-order valence-corrected chi connectivity index (χ0v) is 15.3. The van der Waals surface area contributed by atoms with E-state index in [2.05, 4.69) is 22.6 Å². The molecule has 2 fully saturated rings. The van der Waals surface area contributed by atoms with E-state index in [0.29, 0.717) is 13.2 Å². The Morgan fingerprint density at radius 2 is 2.24 bits per heavy atom. The maximum absolute atomic E-state index is 12.3. The van der Waals surface area contributed by atoms with E-state index in [1.54, 1.807) is 4.90 Å². The van der Waals surface area contributed by atoms with Crippen LogP contribution in [-0.2, 0) is 14.2 Å². The van der Waals surface area contributed by atoms with Crippen LogP contribution >= 0.6 is 22.6 Å². The van der Waals surface area contributed by atoms with Crippen molar-refractivity contribution in [3.8, 4) is 0 Å². The van der Waals surface area contributed by atoms with Gasteiger partial charge in [0.1, 0.15) is 5.60 Å². The second-order valence-electron chi connectivity index (χ2n) is 6.93. The average Bonchev–Trinajstić information content (AvgIpc) is 2.90. The Labute approximate surface area is 140 Å². The van der Waals surface area contributed by atoms with Gasteiger partial charge in [0.05, 0.1) is 24.9 Å². The minimum Gasteiger partial charge on any atom is -0.444 e. The number of hydrogen-bond donors (Lipinski definition) is 0. The van der Waals surface area contributed by atoms with Crippen molar-refractivity contribution in [3.05, 3.63) is 0 Å². The molecule has 2 rings (SSSR count). The lowest BCUT2D eigenvalue weighted by molar-refractivity contribution is -0.111. The number of rotatable bonds is 3. The first-order valence-corrected chi connectivity index (χ1v) is 9.16. The maximum Gasteiger partial charge on any atom is 0.410 e. The van der Waals surface area contributed by atoms with Crippen LogP contribution in [0.25, 0.3) is 0 Å². The molecule has 2 saturated heterocycles. The SMILES string of the molecule is CC(C)(C)OC(=O)N1CCCC(CI)(OC2CCOC2)C1. The van der Waals surface area contributed by atoms with Crippen LogP contribution in [0, 0.1) is 0 Å². The van der Waals surface area contributed by atoms with Crippen molar-refractivity contribution in [1.29, 1.82) is 0 Å². The van der Waals surface area contributed by atoms with Crippen LogP contribution in [0.2, 0.25) is 0 Å². The van der Waals surface area contributed by atoms with E-state index in [4.69, 9.17) is 14.2 Å². The van der Waals surface area contributed by atoms with Crippen molar-refractivity contribution < 1.29 is 19.0 Å². The summed E-state index contributed by atoms with van der Waals surface area (Å²) in [5, 5.41) is 0. The molecule has 0 saturated carbocycles. The van der Waals surface area contributed by atoms with Gasteiger partial charge in [-0.1, -0.05) is 22.6 Å². The van der Waals surface area contributed by atoms with Crippen LogP contribution in [0.1, 0.15) is 40.0 Å². The van der Waals surface area contributed by atoms with Crippen molar-refractivity contribution in [2.75, 3.05) is 30.7 Å². The summed E-state index contributed by atoms with van der Waals surface area (Å²) in [6.07, 6.45) is 2.83. The summed E-state index contributed by atoms with van der Waals surface area (Å²) in [4.78, 5) is 14.1. The standard InChI is InChI=1S/C15H26INO4/c1-14(2,3)21-13(18)17-7-4-6-15(10-16,11-17)20-12-5-8-19-9-12/h12H,4-11H2,1-3H3. The number of nitrogens with zero attached hydrogens (tertiary/aromatic N) is 1. The fraction of sp³-hybridized carbons (Fsp3) is 0.933. The Morgan fingerprint density at radius 1 is 1.48 bits per heavy atom. The minimum absolute atomic E-state index is 0.165. The number of amides is 1. The summed E-state index contributed by atoms with van der Waals surface area (Å²) in [7, 11) is 0. The molecular weight excluding hydrogens is 385 g/mol. The monoisotopic (exact) mass is 411 g/mol. The van der Waals surface area contributed by atoms with Crippen LogP contribution in [0.15, 0.2) is 0 Å². The summed E-state index contributed by atoms with van der Waals surface area (Å²) in [5.41, 5.74) is -0.713. The fourth-order valence-electron chi connectivity index (χ4n) is 2.78. The molecule has 2 aliphatic heterocycles. The molecule has 0 aromatic carbocycles. The molecule has 6 heteroatoms. The molecule has 0 N–H and O–H groups in total. The third-order valence-corrected chi connectivity index (χ3v) is 5.13. The van der Waals surface area contributed by atoms with E-state index in [1.807, 2.05) is 20.8 Å². The molecule has 2 unspecified atom stereocenters. The van der Waals surface area contributed by atoms with Crippen molar-refractivity contribution in [2.45, 2.75) is 57.3 Å². The van der Waals surface area contributed by atoms with Crippen LogP contribution < -0.4 is 0 Å². The van der Waals surface area contributed by atoms with E-state index < -0.39 is 5.60 Å². The molecule has 0 radical (unpaired) electrons. The van der Waals surface area contributed by atoms with E-state index in [0.717, 1.165) is 36.8 Å². The molecule has 122 valence electrons. The third-order valence-electron chi connectivity index (χ3n) is 3.74. The highest BCUT2D eigenvalue weighted by molar-refractivity contribution is 14.1. The van der Waals surface area contributed by atoms with Crippen molar-refractivity contribution >= 4 is 28.7 Å². The fourth-order valence-corrected chi connectivity index (χ4v) is 3.58. The van der Waals surface area contributed by atoms with Crippen LogP contribution in [0.3, 0.4) is 0 Å². The molecule has 0 aliphatic carbocycles. The quantitative estimate of drug-likeness (QED) is 0.529. The van der Waals surface area contributed by atoms with E-state index >= 15 is 0 Å². The van der Waals surface area contributed by atoms with E-state index in [-0.39, 0.29) is 17.8 Å². The largest absolute Gasteiger partial charge is 0.444 e. The van der Waals surface area contributed by atoms with Gasteiger partial charge in [0, 0.05) is 17.6 Å². The van der Waals surface area contributed by atoms with Gasteiger partial charge in [-0.25, -0.2) is 4.79 Å². The van der Waals surface area contributed by atoms with Gasteiger partial charge in [0.2, 0.25) is 0 Å².